The smallest absolute Gasteiger partial charge is 0.326 e. The predicted octanol–water partition coefficient (Wildman–Crippen LogP) is 1.62. The molecule has 18 heavy (non-hydrogen) atoms. The van der Waals surface area contributed by atoms with Crippen molar-refractivity contribution in [3.05, 3.63) is 27.8 Å². The molecule has 5 nitrogen and oxygen atoms in total. The Morgan fingerprint density at radius 2 is 2.11 bits per heavy atom. The number of carbonyl (C=O) groups excluding carboxylic acids is 1. The molecule has 0 bridgehead atoms. The summed E-state index contributed by atoms with van der Waals surface area (Å²) in [6.45, 7) is 1.59. The Morgan fingerprint density at radius 1 is 1.44 bits per heavy atom. The lowest BCUT2D eigenvalue weighted by atomic mass is 10.3. The summed E-state index contributed by atoms with van der Waals surface area (Å²) in [5.74, 6) is -0.568. The fourth-order valence-corrected chi connectivity index (χ4v) is 2.72. The lowest BCUT2D eigenvalue weighted by Crippen LogP contribution is -2.35. The second-order valence-electron chi connectivity index (χ2n) is 3.55. The first kappa shape index (κ1) is 15.2. The maximum Gasteiger partial charge on any atom is 0.326 e. The molecule has 0 unspecified atom stereocenters. The van der Waals surface area contributed by atoms with E-state index in [4.69, 9.17) is 4.74 Å². The summed E-state index contributed by atoms with van der Waals surface area (Å²) in [6, 6.07) is 6.92. The first-order valence-corrected chi connectivity index (χ1v) is 8.16. The molecule has 0 radical (unpaired) electrons. The number of esters is 1. The summed E-state index contributed by atoms with van der Waals surface area (Å²) in [7, 11) is -3.52. The molecule has 1 aromatic rings. The molecular formula is C11H14INO4S. The largest absolute Gasteiger partial charge is 0.465 e. The van der Waals surface area contributed by atoms with Gasteiger partial charge in [-0.1, -0.05) is 6.07 Å². The van der Waals surface area contributed by atoms with E-state index in [0.29, 0.717) is 5.69 Å². The summed E-state index contributed by atoms with van der Waals surface area (Å²) < 4.78 is 30.1. The second-order valence-corrected chi connectivity index (χ2v) is 6.71. The summed E-state index contributed by atoms with van der Waals surface area (Å²) in [4.78, 5) is 11.4. The monoisotopic (exact) mass is 383 g/mol. The number of anilines is 1. The summed E-state index contributed by atoms with van der Waals surface area (Å²) in [6.07, 6.45) is 1.06. The second kappa shape index (κ2) is 6.37. The Kier molecular flexibility index (Phi) is 5.39. The number of halogens is 1. The van der Waals surface area contributed by atoms with E-state index in [-0.39, 0.29) is 13.2 Å². The predicted molar refractivity (Wildman–Crippen MR) is 78.0 cm³/mol. The highest BCUT2D eigenvalue weighted by molar-refractivity contribution is 14.1. The Balaban J connectivity index is 3.04. The van der Waals surface area contributed by atoms with Crippen molar-refractivity contribution in [2.24, 2.45) is 0 Å². The van der Waals surface area contributed by atoms with E-state index in [1.54, 1.807) is 25.1 Å². The zero-order valence-corrected chi connectivity index (χ0v) is 13.1. The highest BCUT2D eigenvalue weighted by Crippen LogP contribution is 2.20. The van der Waals surface area contributed by atoms with Gasteiger partial charge in [0.05, 0.1) is 18.6 Å². The van der Waals surface area contributed by atoms with Gasteiger partial charge in [0.25, 0.3) is 0 Å². The third kappa shape index (κ3) is 4.45. The summed E-state index contributed by atoms with van der Waals surface area (Å²) in [5, 5.41) is 0. The standard InChI is InChI=1S/C11H14INO4S/c1-3-17-11(14)8-13(18(2,15)16)10-6-4-5-9(12)7-10/h4-7H,3,8H2,1-2H3. The van der Waals surface area contributed by atoms with Crippen LogP contribution in [-0.4, -0.2) is 33.8 Å². The van der Waals surface area contributed by atoms with E-state index in [1.807, 2.05) is 6.07 Å². The van der Waals surface area contributed by atoms with E-state index >= 15 is 0 Å². The Labute approximate surface area is 120 Å². The van der Waals surface area contributed by atoms with Crippen molar-refractivity contribution in [2.75, 3.05) is 23.7 Å². The number of ether oxygens (including phenoxy) is 1. The van der Waals surface area contributed by atoms with E-state index in [2.05, 4.69) is 22.6 Å². The Hall–Kier alpha value is -0.830. The zero-order valence-electron chi connectivity index (χ0n) is 10.1. The SMILES string of the molecule is CCOC(=O)CN(c1cccc(I)c1)S(C)(=O)=O. The number of hydrogen-bond acceptors (Lipinski definition) is 4. The minimum absolute atomic E-state index is 0.225. The molecule has 0 aliphatic rings. The molecule has 0 heterocycles. The summed E-state index contributed by atoms with van der Waals surface area (Å²) in [5.41, 5.74) is 0.456. The molecule has 0 aromatic heterocycles. The van der Waals surface area contributed by atoms with Crippen molar-refractivity contribution in [1.29, 1.82) is 0 Å². The fourth-order valence-electron chi connectivity index (χ4n) is 1.36. The highest BCUT2D eigenvalue weighted by Gasteiger charge is 2.21. The van der Waals surface area contributed by atoms with Crippen LogP contribution in [0.25, 0.3) is 0 Å². The van der Waals surface area contributed by atoms with Crippen LogP contribution in [-0.2, 0) is 19.6 Å². The molecule has 0 N–H and O–H groups in total. The molecule has 7 heteroatoms. The maximum atomic E-state index is 11.7. The lowest BCUT2D eigenvalue weighted by Gasteiger charge is -2.21. The van der Waals surface area contributed by atoms with Gasteiger partial charge in [-0.25, -0.2) is 8.42 Å². The topological polar surface area (TPSA) is 63.7 Å². The van der Waals surface area contributed by atoms with E-state index < -0.39 is 16.0 Å². The van der Waals surface area contributed by atoms with Crippen LogP contribution in [0.2, 0.25) is 0 Å². The van der Waals surface area contributed by atoms with Crippen LogP contribution in [0.4, 0.5) is 5.69 Å². The van der Waals surface area contributed by atoms with Gasteiger partial charge < -0.3 is 4.74 Å². The first-order valence-electron chi connectivity index (χ1n) is 5.23. The van der Waals surface area contributed by atoms with Crippen molar-refractivity contribution in [3.8, 4) is 0 Å². The molecule has 0 fully saturated rings. The quantitative estimate of drug-likeness (QED) is 0.573. The third-order valence-corrected chi connectivity index (χ3v) is 3.89. The Bertz CT molecular complexity index is 530. The van der Waals surface area contributed by atoms with Gasteiger partial charge in [0, 0.05) is 3.57 Å². The number of sulfonamides is 1. The fraction of sp³-hybridized carbons (Fsp3) is 0.364. The summed E-state index contributed by atoms with van der Waals surface area (Å²) >= 11 is 2.08. The molecule has 0 spiro atoms. The van der Waals surface area contributed by atoms with E-state index in [1.165, 1.54) is 0 Å². The zero-order chi connectivity index (χ0) is 13.8. The molecule has 0 aliphatic heterocycles. The van der Waals surface area contributed by atoms with Crippen molar-refractivity contribution in [3.63, 3.8) is 0 Å². The molecule has 0 amide bonds. The maximum absolute atomic E-state index is 11.7. The van der Waals surface area contributed by atoms with Crippen molar-refractivity contribution >= 4 is 44.3 Å². The Morgan fingerprint density at radius 3 is 2.61 bits per heavy atom. The van der Waals surface area contributed by atoms with Gasteiger partial charge in [0.15, 0.2) is 0 Å². The van der Waals surface area contributed by atoms with Gasteiger partial charge in [-0.3, -0.25) is 9.10 Å². The highest BCUT2D eigenvalue weighted by atomic mass is 127. The van der Waals surface area contributed by atoms with Crippen LogP contribution in [0.5, 0.6) is 0 Å². The minimum Gasteiger partial charge on any atom is -0.465 e. The molecule has 0 aliphatic carbocycles. The third-order valence-electron chi connectivity index (χ3n) is 2.07. The number of benzene rings is 1. The van der Waals surface area contributed by atoms with Crippen LogP contribution in [0.15, 0.2) is 24.3 Å². The van der Waals surface area contributed by atoms with Gasteiger partial charge in [-0.05, 0) is 47.7 Å². The molecule has 1 rings (SSSR count). The van der Waals surface area contributed by atoms with Crippen molar-refractivity contribution in [2.45, 2.75) is 6.92 Å². The van der Waals surface area contributed by atoms with Crippen LogP contribution >= 0.6 is 22.6 Å². The van der Waals surface area contributed by atoms with Crippen molar-refractivity contribution in [1.82, 2.24) is 0 Å². The van der Waals surface area contributed by atoms with Gasteiger partial charge >= 0.3 is 5.97 Å². The molecule has 0 saturated heterocycles. The minimum atomic E-state index is -3.52. The van der Waals surface area contributed by atoms with Crippen molar-refractivity contribution < 1.29 is 17.9 Å². The van der Waals surface area contributed by atoms with Crippen LogP contribution in [0.1, 0.15) is 6.92 Å². The number of hydrogen-bond donors (Lipinski definition) is 0. The average Bonchev–Trinajstić information content (AvgIpc) is 2.24. The first-order chi connectivity index (χ1) is 8.34. The number of rotatable bonds is 5. The van der Waals surface area contributed by atoms with Gasteiger partial charge in [-0.15, -0.1) is 0 Å². The molecule has 0 atom stereocenters. The molecular weight excluding hydrogens is 369 g/mol. The lowest BCUT2D eigenvalue weighted by molar-refractivity contribution is -0.141. The van der Waals surface area contributed by atoms with Gasteiger partial charge in [0.1, 0.15) is 6.54 Å². The van der Waals surface area contributed by atoms with Gasteiger partial charge in [0.2, 0.25) is 10.0 Å². The van der Waals surface area contributed by atoms with Crippen LogP contribution < -0.4 is 4.31 Å². The van der Waals surface area contributed by atoms with Gasteiger partial charge in [-0.2, -0.15) is 0 Å². The number of nitrogens with zero attached hydrogens (tertiary/aromatic N) is 1. The molecule has 1 aromatic carbocycles. The van der Waals surface area contributed by atoms with E-state index in [0.717, 1.165) is 14.1 Å². The van der Waals surface area contributed by atoms with E-state index in [9.17, 15) is 13.2 Å². The normalized spacial score (nSPS) is 11.1. The molecule has 0 saturated carbocycles. The average molecular weight is 383 g/mol. The number of carbonyl (C=O) groups is 1. The molecule has 100 valence electrons. The van der Waals surface area contributed by atoms with Crippen LogP contribution in [0, 0.1) is 3.57 Å². The van der Waals surface area contributed by atoms with Crippen LogP contribution in [0.3, 0.4) is 0 Å².